The number of nitrogens with zero attached hydrogens (tertiary/aromatic N) is 3. The zero-order valence-electron chi connectivity index (χ0n) is 32.3. The minimum Gasteiger partial charge on any atom is -0.502 e. The molecule has 17 nitrogen and oxygen atoms in total. The first-order valence-electron chi connectivity index (χ1n) is 17.2. The molecular formula is C37H49N7O10S. The summed E-state index contributed by atoms with van der Waals surface area (Å²) in [6.07, 6.45) is 0.00239. The number of aromatic hydroxyl groups is 1. The van der Waals surface area contributed by atoms with Crippen LogP contribution in [0, 0.1) is 0 Å². The number of phenols is 1. The molecule has 1 heterocycles. The number of hydrogen-bond acceptors (Lipinski definition) is 13. The maximum absolute atomic E-state index is 13.9. The van der Waals surface area contributed by atoms with E-state index in [1.807, 2.05) is 6.07 Å². The largest absolute Gasteiger partial charge is 0.502 e. The lowest BCUT2D eigenvalue weighted by atomic mass is 10.1. The molecule has 1 aliphatic heterocycles. The average molecular weight is 784 g/mol. The van der Waals surface area contributed by atoms with Crippen molar-refractivity contribution in [3.8, 4) is 17.2 Å². The molecule has 0 unspecified atom stereocenters. The number of carbonyl (C=O) groups excluding carboxylic acids is 5. The fraction of sp³-hybridized carbons (Fsp3) is 0.432. The number of primary amides is 1. The zero-order chi connectivity index (χ0) is 41.1. The Bertz CT molecular complexity index is 1780. The smallest absolute Gasteiger partial charge is 0.414 e. The van der Waals surface area contributed by atoms with Gasteiger partial charge in [-0.25, -0.2) is 14.6 Å². The molecular weight excluding hydrogens is 735 g/mol. The van der Waals surface area contributed by atoms with Gasteiger partial charge in [0.25, 0.3) is 5.91 Å². The number of benzene rings is 2. The van der Waals surface area contributed by atoms with Crippen LogP contribution >= 0.6 is 11.8 Å². The molecule has 1 saturated heterocycles. The number of nitrogens with two attached hydrogens (primary N) is 1. The number of thioether (sulfide) groups is 1. The molecule has 5 amide bonds. The van der Waals surface area contributed by atoms with E-state index in [4.69, 9.17) is 24.7 Å². The highest BCUT2D eigenvalue weighted by atomic mass is 32.2. The first kappa shape index (κ1) is 43.6. The third-order valence-corrected chi connectivity index (χ3v) is 8.19. The Morgan fingerprint density at radius 1 is 0.945 bits per heavy atom. The van der Waals surface area contributed by atoms with Crippen LogP contribution in [0.3, 0.4) is 0 Å². The van der Waals surface area contributed by atoms with Gasteiger partial charge in [0, 0.05) is 6.54 Å². The van der Waals surface area contributed by atoms with Crippen molar-refractivity contribution in [3.05, 3.63) is 52.9 Å². The summed E-state index contributed by atoms with van der Waals surface area (Å²) in [5, 5.41) is 17.9. The van der Waals surface area contributed by atoms with Gasteiger partial charge in [-0.15, -0.1) is 0 Å². The number of nitrogens with one attached hydrogen (secondary N) is 3. The third-order valence-electron chi connectivity index (χ3n) is 7.20. The number of methoxy groups -OCH3 is 2. The molecule has 18 heteroatoms. The Kier molecular flexibility index (Phi) is 15.1. The van der Waals surface area contributed by atoms with Crippen LogP contribution in [0.15, 0.2) is 57.4 Å². The van der Waals surface area contributed by atoms with Crippen molar-refractivity contribution in [1.82, 2.24) is 20.9 Å². The Hall–Kier alpha value is -5.78. The van der Waals surface area contributed by atoms with Crippen molar-refractivity contribution in [2.45, 2.75) is 84.6 Å². The highest BCUT2D eigenvalue weighted by Crippen LogP contribution is 2.40. The first-order chi connectivity index (χ1) is 25.7. The second-order valence-electron chi connectivity index (χ2n) is 14.1. The van der Waals surface area contributed by atoms with Gasteiger partial charge in [-0.2, -0.15) is 0 Å². The molecule has 6 N–H and O–H groups in total. The van der Waals surface area contributed by atoms with E-state index in [1.165, 1.54) is 38.2 Å². The Balaban J connectivity index is 1.81. The van der Waals surface area contributed by atoms with Gasteiger partial charge in [0.15, 0.2) is 16.7 Å². The SMILES string of the molecule is COc1cc(/C=C2\SC(=Nc3ccccc3)N([C@H](C)C(=O)N[C@@H](CCCN=C(NC(=O)OC(C)(C)C)NC(=O)OC(C)(C)C)C(N)=O)C2=O)cc(OC)c1O. The van der Waals surface area contributed by atoms with Crippen LogP contribution in [0.1, 0.15) is 66.9 Å². The lowest BCUT2D eigenvalue weighted by molar-refractivity contribution is -0.134. The van der Waals surface area contributed by atoms with Crippen LogP contribution in [-0.2, 0) is 23.9 Å². The van der Waals surface area contributed by atoms with Crippen LogP contribution < -0.4 is 31.2 Å². The number of para-hydroxylation sites is 1. The number of rotatable bonds is 12. The van der Waals surface area contributed by atoms with Crippen molar-refractivity contribution >= 4 is 64.6 Å². The number of carbonyl (C=O) groups is 5. The number of guanidine groups is 1. The number of amidine groups is 1. The van der Waals surface area contributed by atoms with Crippen LogP contribution in [0.2, 0.25) is 0 Å². The Morgan fingerprint density at radius 3 is 1.98 bits per heavy atom. The van der Waals surface area contributed by atoms with Gasteiger partial charge in [0.05, 0.1) is 24.8 Å². The summed E-state index contributed by atoms with van der Waals surface area (Å²) in [4.78, 5) is 75.2. The van der Waals surface area contributed by atoms with Crippen LogP contribution in [0.25, 0.3) is 6.08 Å². The molecule has 0 saturated carbocycles. The first-order valence-corrected chi connectivity index (χ1v) is 18.0. The van der Waals surface area contributed by atoms with Gasteiger partial charge in [0.1, 0.15) is 23.3 Å². The number of ether oxygens (including phenoxy) is 4. The number of phenolic OH excluding ortho intramolecular Hbond substituents is 1. The Labute approximate surface area is 324 Å². The molecule has 1 aliphatic rings. The van der Waals surface area contributed by atoms with Crippen molar-refractivity contribution in [3.63, 3.8) is 0 Å². The van der Waals surface area contributed by atoms with Crippen molar-refractivity contribution in [2.24, 2.45) is 15.7 Å². The molecule has 2 aromatic rings. The van der Waals surface area contributed by atoms with E-state index >= 15 is 0 Å². The predicted octanol–water partition coefficient (Wildman–Crippen LogP) is 4.56. The van der Waals surface area contributed by atoms with Crippen LogP contribution in [0.4, 0.5) is 15.3 Å². The summed E-state index contributed by atoms with van der Waals surface area (Å²) >= 11 is 1.03. The van der Waals surface area contributed by atoms with E-state index in [1.54, 1.807) is 71.9 Å². The second-order valence-corrected chi connectivity index (χ2v) is 15.1. The molecule has 298 valence electrons. The monoisotopic (exact) mass is 783 g/mol. The number of amides is 5. The summed E-state index contributed by atoms with van der Waals surface area (Å²) in [6.45, 7) is 11.5. The molecule has 0 aliphatic carbocycles. The zero-order valence-corrected chi connectivity index (χ0v) is 33.2. The molecule has 0 bridgehead atoms. The maximum atomic E-state index is 13.9. The number of aliphatic imine (C=N–C) groups is 2. The van der Waals surface area contributed by atoms with Gasteiger partial charge < -0.3 is 35.1 Å². The van der Waals surface area contributed by atoms with Gasteiger partial charge in [-0.1, -0.05) is 18.2 Å². The van der Waals surface area contributed by atoms with Crippen LogP contribution in [-0.4, -0.2) is 95.1 Å². The van der Waals surface area contributed by atoms with E-state index in [0.717, 1.165) is 11.8 Å². The molecule has 2 atom stereocenters. The van der Waals surface area contributed by atoms with Gasteiger partial charge >= 0.3 is 12.2 Å². The molecule has 0 spiro atoms. The van der Waals surface area contributed by atoms with Gasteiger partial charge in [0.2, 0.25) is 23.5 Å². The molecule has 2 aromatic carbocycles. The number of hydrogen-bond donors (Lipinski definition) is 5. The normalized spacial score (nSPS) is 15.5. The Morgan fingerprint density at radius 2 is 1.49 bits per heavy atom. The molecule has 1 fully saturated rings. The minimum atomic E-state index is -1.17. The fourth-order valence-corrected chi connectivity index (χ4v) is 5.83. The van der Waals surface area contributed by atoms with E-state index in [-0.39, 0.29) is 52.7 Å². The second kappa shape index (κ2) is 19.0. The van der Waals surface area contributed by atoms with Gasteiger partial charge in [-0.3, -0.25) is 34.9 Å². The fourth-order valence-electron chi connectivity index (χ4n) is 4.76. The van der Waals surface area contributed by atoms with E-state index in [0.29, 0.717) is 11.3 Å². The highest BCUT2D eigenvalue weighted by Gasteiger charge is 2.40. The third kappa shape index (κ3) is 13.5. The van der Waals surface area contributed by atoms with Crippen molar-refractivity contribution < 1.29 is 48.0 Å². The lowest BCUT2D eigenvalue weighted by Gasteiger charge is -2.25. The summed E-state index contributed by atoms with van der Waals surface area (Å²) in [7, 11) is 2.76. The lowest BCUT2D eigenvalue weighted by Crippen LogP contribution is -2.53. The minimum absolute atomic E-state index is 0.0206. The van der Waals surface area contributed by atoms with E-state index in [9.17, 15) is 29.1 Å². The topological polar surface area (TPSA) is 233 Å². The molecule has 3 rings (SSSR count). The summed E-state index contributed by atoms with van der Waals surface area (Å²) < 4.78 is 21.0. The summed E-state index contributed by atoms with van der Waals surface area (Å²) in [5.41, 5.74) is 5.01. The average Bonchev–Trinajstić information content (AvgIpc) is 3.37. The van der Waals surface area contributed by atoms with E-state index in [2.05, 4.69) is 25.9 Å². The standard InChI is InChI=1S/C37H49N7O10S/c1-21(30(47)41-24(29(38)46)16-13-17-39-32(42-34(49)53-36(2,3)4)43-35(50)54-37(5,6)7)44-31(48)27(55-33(44)40-23-14-11-10-12-15-23)20-22-18-25(51-8)28(45)26(19-22)52-9/h10-12,14-15,18-21,24,45H,13,16-17H2,1-9H3,(H2,38,46)(H,41,47)(H2,39,42,43,49,50)/b27-20-,40-33?/t21-,24+/m1/s1. The van der Waals surface area contributed by atoms with Crippen molar-refractivity contribution in [2.75, 3.05) is 20.8 Å². The molecule has 0 radical (unpaired) electrons. The molecule has 0 aromatic heterocycles. The number of alkyl carbamates (subject to hydrolysis) is 2. The predicted molar refractivity (Wildman–Crippen MR) is 208 cm³/mol. The maximum Gasteiger partial charge on any atom is 0.414 e. The van der Waals surface area contributed by atoms with Gasteiger partial charge in [-0.05, 0) is 109 Å². The summed E-state index contributed by atoms with van der Waals surface area (Å²) in [5.74, 6) is -2.26. The van der Waals surface area contributed by atoms with Crippen molar-refractivity contribution in [1.29, 1.82) is 0 Å². The molecule has 55 heavy (non-hydrogen) atoms. The highest BCUT2D eigenvalue weighted by molar-refractivity contribution is 8.18. The van der Waals surface area contributed by atoms with Crippen LogP contribution in [0.5, 0.6) is 17.2 Å². The quantitative estimate of drug-likeness (QED) is 0.0867. The summed E-state index contributed by atoms with van der Waals surface area (Å²) in [6, 6.07) is 9.57. The van der Waals surface area contributed by atoms with E-state index < -0.39 is 53.2 Å².